The van der Waals surface area contributed by atoms with Crippen LogP contribution >= 0.6 is 0 Å². The van der Waals surface area contributed by atoms with Gasteiger partial charge in [0.15, 0.2) is 0 Å². The Morgan fingerprint density at radius 1 is 0.891 bits per heavy atom. The van der Waals surface area contributed by atoms with E-state index in [0.717, 1.165) is 44.4 Å². The fraction of sp³-hybridized carbons (Fsp3) is 0.333. The Morgan fingerprint density at radius 3 is 2.18 bits per heavy atom. The molecule has 0 fully saturated rings. The Bertz CT molecular complexity index is 2410. The normalized spacial score (nSPS) is 17.5. The van der Waals surface area contributed by atoms with Crippen LogP contribution in [0.2, 0.25) is 0 Å². The fourth-order valence-electron chi connectivity index (χ4n) is 7.89. The highest BCUT2D eigenvalue weighted by atomic mass is 16.5. The van der Waals surface area contributed by atoms with Crippen molar-refractivity contribution in [2.75, 3.05) is 27.3 Å². The zero-order chi connectivity index (χ0) is 39.8. The van der Waals surface area contributed by atoms with Crippen molar-refractivity contribution in [1.82, 2.24) is 25.3 Å². The zero-order valence-electron chi connectivity index (χ0n) is 31.9. The number of esters is 2. The zero-order valence-corrected chi connectivity index (χ0v) is 31.9. The standard InChI is InChI=1S/C42H46N6O7/c1-8-24-21(2)30-18-35-28-12-9-27(41(52)53)39(40(51)44-16-15-43)42(28,5)36(48-35)20-31-23(4)26(11-14-38(50)55-7)34(47-31)19-33-25(10-13-37(49)54-6)22(3)29(46-33)17-32(24)45-30/h8-9,12,17-20,39,45,47H,1,10-11,13-16,43H2,2-7H3,(H,44,51)(H,52,53). The second-order valence-corrected chi connectivity index (χ2v) is 14.1. The van der Waals surface area contributed by atoms with E-state index in [-0.39, 0.29) is 43.4 Å². The molecule has 286 valence electrons. The van der Waals surface area contributed by atoms with Crippen molar-refractivity contribution in [3.63, 3.8) is 0 Å². The van der Waals surface area contributed by atoms with E-state index in [1.807, 2.05) is 52.0 Å². The van der Waals surface area contributed by atoms with E-state index in [1.165, 1.54) is 20.3 Å². The number of carbonyl (C=O) groups excluding carboxylic acids is 3. The van der Waals surface area contributed by atoms with Crippen LogP contribution in [0.4, 0.5) is 0 Å². The summed E-state index contributed by atoms with van der Waals surface area (Å²) in [6.45, 7) is 12.2. The maximum absolute atomic E-state index is 14.0. The van der Waals surface area contributed by atoms with Crippen molar-refractivity contribution < 1.29 is 33.8 Å². The van der Waals surface area contributed by atoms with E-state index in [0.29, 0.717) is 52.2 Å². The Labute approximate surface area is 318 Å². The minimum atomic E-state index is -1.22. The number of H-pyrrole nitrogens is 2. The highest BCUT2D eigenvalue weighted by Gasteiger charge is 2.52. The van der Waals surface area contributed by atoms with Crippen molar-refractivity contribution in [3.05, 3.63) is 93.6 Å². The van der Waals surface area contributed by atoms with Gasteiger partial charge in [-0.2, -0.15) is 0 Å². The number of hydrogen-bond acceptors (Lipinski definition) is 9. The third-order valence-corrected chi connectivity index (χ3v) is 11.0. The number of nitrogens with two attached hydrogens (primary N) is 1. The first-order valence-corrected chi connectivity index (χ1v) is 18.1. The van der Waals surface area contributed by atoms with Crippen LogP contribution in [0.3, 0.4) is 0 Å². The third-order valence-electron chi connectivity index (χ3n) is 11.0. The molecule has 0 aromatic carbocycles. The van der Waals surface area contributed by atoms with Crippen LogP contribution in [0.25, 0.3) is 44.9 Å². The average Bonchev–Trinajstić information content (AvgIpc) is 3.82. The number of aliphatic carboxylic acids is 1. The van der Waals surface area contributed by atoms with Gasteiger partial charge in [-0.15, -0.1) is 0 Å². The first-order valence-electron chi connectivity index (χ1n) is 18.1. The second-order valence-electron chi connectivity index (χ2n) is 14.1. The number of amides is 1. The molecule has 2 atom stereocenters. The van der Waals surface area contributed by atoms with Crippen LogP contribution < -0.4 is 11.1 Å². The molecule has 0 saturated heterocycles. The highest BCUT2D eigenvalue weighted by molar-refractivity contribution is 6.02. The van der Waals surface area contributed by atoms with Gasteiger partial charge < -0.3 is 35.6 Å². The molecule has 0 radical (unpaired) electrons. The van der Waals surface area contributed by atoms with Crippen LogP contribution in [0.5, 0.6) is 0 Å². The number of aromatic nitrogens is 4. The molecule has 6 rings (SSSR count). The van der Waals surface area contributed by atoms with E-state index in [2.05, 4.69) is 21.9 Å². The number of nitrogens with zero attached hydrogens (tertiary/aromatic N) is 2. The molecule has 1 amide bonds. The Morgan fingerprint density at radius 2 is 1.53 bits per heavy atom. The lowest BCUT2D eigenvalue weighted by Crippen LogP contribution is -2.47. The van der Waals surface area contributed by atoms with E-state index in [4.69, 9.17) is 25.2 Å². The molecule has 2 unspecified atom stereocenters. The number of fused-ring (bicyclic) bond motifs is 11. The number of aromatic amines is 2. The van der Waals surface area contributed by atoms with Crippen molar-refractivity contribution in [2.45, 2.75) is 58.8 Å². The van der Waals surface area contributed by atoms with Gasteiger partial charge in [0.25, 0.3) is 0 Å². The summed E-state index contributed by atoms with van der Waals surface area (Å²) in [4.78, 5) is 68.8. The minimum absolute atomic E-state index is 0.0698. The summed E-state index contributed by atoms with van der Waals surface area (Å²) in [6.07, 6.45) is 5.98. The van der Waals surface area contributed by atoms with Crippen LogP contribution in [-0.4, -0.2) is 76.2 Å². The number of rotatable bonds is 11. The summed E-state index contributed by atoms with van der Waals surface area (Å²) in [7, 11) is 2.71. The predicted molar refractivity (Wildman–Crippen MR) is 211 cm³/mol. The van der Waals surface area contributed by atoms with E-state index in [1.54, 1.807) is 12.2 Å². The van der Waals surface area contributed by atoms with Gasteiger partial charge in [-0.3, -0.25) is 19.4 Å². The molecule has 3 aliphatic rings. The molecular formula is C42H46N6O7. The number of carboxylic acid groups (broad SMARTS) is 1. The van der Waals surface area contributed by atoms with Gasteiger partial charge in [0.1, 0.15) is 0 Å². The first-order chi connectivity index (χ1) is 26.3. The molecule has 55 heavy (non-hydrogen) atoms. The molecular weight excluding hydrogens is 700 g/mol. The molecule has 2 aliphatic heterocycles. The number of hydrogen-bond donors (Lipinski definition) is 5. The summed E-state index contributed by atoms with van der Waals surface area (Å²) in [5.41, 5.74) is 15.6. The molecule has 3 aromatic rings. The number of carbonyl (C=O) groups is 4. The Balaban J connectivity index is 1.75. The number of ether oxygens (including phenoxy) is 2. The van der Waals surface area contributed by atoms with Crippen molar-refractivity contribution >= 4 is 68.7 Å². The molecule has 13 nitrogen and oxygen atoms in total. The molecule has 8 bridgehead atoms. The Hall–Kier alpha value is -6.08. The van der Waals surface area contributed by atoms with Gasteiger partial charge in [-0.25, -0.2) is 9.78 Å². The van der Waals surface area contributed by atoms with E-state index >= 15 is 0 Å². The smallest absolute Gasteiger partial charge is 0.332 e. The molecule has 0 spiro atoms. The maximum atomic E-state index is 14.0. The van der Waals surface area contributed by atoms with E-state index < -0.39 is 23.2 Å². The topological polar surface area (TPSA) is 202 Å². The van der Waals surface area contributed by atoms with Crippen LogP contribution in [0, 0.1) is 19.8 Å². The largest absolute Gasteiger partial charge is 0.478 e. The number of nitrogens with one attached hydrogen (secondary N) is 3. The Kier molecular flexibility index (Phi) is 10.8. The van der Waals surface area contributed by atoms with E-state index in [9.17, 15) is 24.3 Å². The average molecular weight is 747 g/mol. The van der Waals surface area contributed by atoms with Crippen LogP contribution in [0.15, 0.2) is 48.6 Å². The lowest BCUT2D eigenvalue weighted by atomic mass is 9.64. The molecule has 6 N–H and O–H groups in total. The van der Waals surface area contributed by atoms with Gasteiger partial charge in [-0.1, -0.05) is 24.8 Å². The summed E-state index contributed by atoms with van der Waals surface area (Å²) in [5, 5.41) is 13.2. The van der Waals surface area contributed by atoms with Crippen molar-refractivity contribution in [3.8, 4) is 0 Å². The van der Waals surface area contributed by atoms with Gasteiger partial charge in [0, 0.05) is 53.6 Å². The number of carboxylic acids is 1. The maximum Gasteiger partial charge on any atom is 0.332 e. The second kappa shape index (κ2) is 15.3. The number of aryl methyl sites for hydroxylation is 3. The molecule has 3 aromatic heterocycles. The minimum Gasteiger partial charge on any atom is -0.478 e. The van der Waals surface area contributed by atoms with Crippen LogP contribution in [-0.2, 0) is 40.5 Å². The van der Waals surface area contributed by atoms with Gasteiger partial charge in [0.05, 0.1) is 53.9 Å². The molecule has 1 aliphatic carbocycles. The van der Waals surface area contributed by atoms with Gasteiger partial charge in [0.2, 0.25) is 5.91 Å². The summed E-state index contributed by atoms with van der Waals surface area (Å²) in [5.74, 6) is -3.56. The SMILES string of the molecule is C=Cc1c(C)c2cc3nc(cc4[nH]c(cc5nc(cc1[nH]2)C(C)=C5CCC(=O)OC)c(CCC(=O)OC)c4C)C1(C)C3=CC=C(C(=O)O)C1C(=O)NCCN. The molecule has 5 heterocycles. The monoisotopic (exact) mass is 746 g/mol. The highest BCUT2D eigenvalue weighted by Crippen LogP contribution is 2.52. The van der Waals surface area contributed by atoms with Crippen molar-refractivity contribution in [1.29, 1.82) is 0 Å². The number of methoxy groups -OCH3 is 2. The van der Waals surface area contributed by atoms with Crippen LogP contribution in [0.1, 0.15) is 78.1 Å². The lowest BCUT2D eigenvalue weighted by molar-refractivity contribution is -0.141. The first kappa shape index (κ1) is 38.6. The summed E-state index contributed by atoms with van der Waals surface area (Å²) < 4.78 is 9.94. The molecule has 13 heteroatoms. The fourth-order valence-corrected chi connectivity index (χ4v) is 7.89. The predicted octanol–water partition coefficient (Wildman–Crippen LogP) is 5.62. The van der Waals surface area contributed by atoms with Gasteiger partial charge >= 0.3 is 17.9 Å². The quantitative estimate of drug-likeness (QED) is 0.153. The van der Waals surface area contributed by atoms with Crippen molar-refractivity contribution in [2.24, 2.45) is 11.7 Å². The third kappa shape index (κ3) is 6.91. The lowest BCUT2D eigenvalue weighted by Gasteiger charge is -2.37. The number of allylic oxidation sites excluding steroid dienone is 5. The molecule has 0 saturated carbocycles. The van der Waals surface area contributed by atoms with Gasteiger partial charge in [-0.05, 0) is 98.2 Å². The summed E-state index contributed by atoms with van der Waals surface area (Å²) in [6, 6.07) is 7.64. The summed E-state index contributed by atoms with van der Waals surface area (Å²) >= 11 is 0.